The molecule has 1 N–H and O–H groups in total. The lowest BCUT2D eigenvalue weighted by molar-refractivity contribution is -0.0667. The Hall–Kier alpha value is -3.77. The van der Waals surface area contributed by atoms with Gasteiger partial charge in [-0.2, -0.15) is 5.10 Å². The first-order valence-electron chi connectivity index (χ1n) is 10.8. The van der Waals surface area contributed by atoms with Crippen LogP contribution in [0.5, 0.6) is 17.2 Å². The maximum atomic E-state index is 13.6. The number of nitrogens with zero attached hydrogens (tertiary/aromatic N) is 3. The average Bonchev–Trinajstić information content (AvgIpc) is 3.56. The molecule has 0 unspecified atom stereocenters. The highest BCUT2D eigenvalue weighted by Gasteiger charge is 2.49. The molecular weight excluding hydrogens is 476 g/mol. The van der Waals surface area contributed by atoms with Gasteiger partial charge < -0.3 is 23.5 Å². The van der Waals surface area contributed by atoms with Crippen molar-refractivity contribution in [2.45, 2.75) is 16.9 Å². The van der Waals surface area contributed by atoms with Gasteiger partial charge in [0.05, 0.1) is 39.4 Å². The predicted molar refractivity (Wildman–Crippen MR) is 124 cm³/mol. The minimum atomic E-state index is -4.19. The fourth-order valence-corrected chi connectivity index (χ4v) is 5.89. The maximum Gasteiger partial charge on any atom is 0.270 e. The molecule has 4 heterocycles. The van der Waals surface area contributed by atoms with E-state index in [9.17, 15) is 8.42 Å². The summed E-state index contributed by atoms with van der Waals surface area (Å²) in [7, 11) is -1.28. The van der Waals surface area contributed by atoms with Crippen LogP contribution < -0.4 is 18.9 Å². The number of hydrogen-bond acceptors (Lipinski definition) is 9. The third-order valence-electron chi connectivity index (χ3n) is 6.34. The summed E-state index contributed by atoms with van der Waals surface area (Å²) < 4.78 is 59.3. The van der Waals surface area contributed by atoms with Gasteiger partial charge in [0.1, 0.15) is 29.2 Å². The van der Waals surface area contributed by atoms with Crippen LogP contribution in [0.1, 0.15) is 11.1 Å². The van der Waals surface area contributed by atoms with E-state index >= 15 is 0 Å². The van der Waals surface area contributed by atoms with Gasteiger partial charge in [0.2, 0.25) is 0 Å². The molecule has 1 spiro atoms. The number of nitrogens with one attached hydrogen (secondary N) is 1. The Balaban J connectivity index is 1.40. The van der Waals surface area contributed by atoms with Crippen LogP contribution in [0.3, 0.4) is 0 Å². The molecule has 0 amide bonds. The van der Waals surface area contributed by atoms with Crippen molar-refractivity contribution in [2.24, 2.45) is 0 Å². The highest BCUT2D eigenvalue weighted by Crippen LogP contribution is 2.49. The van der Waals surface area contributed by atoms with Crippen molar-refractivity contribution in [2.75, 3.05) is 38.8 Å². The molecule has 11 nitrogen and oxygen atoms in total. The number of aromatic nitrogens is 3. The van der Waals surface area contributed by atoms with Crippen LogP contribution >= 0.6 is 0 Å². The largest absolute Gasteiger partial charge is 0.496 e. The van der Waals surface area contributed by atoms with Gasteiger partial charge >= 0.3 is 0 Å². The van der Waals surface area contributed by atoms with E-state index in [0.29, 0.717) is 43.1 Å². The molecule has 1 saturated heterocycles. The third kappa shape index (κ3) is 3.40. The zero-order valence-corrected chi connectivity index (χ0v) is 19.8. The Morgan fingerprint density at radius 2 is 1.97 bits per heavy atom. The lowest BCUT2D eigenvalue weighted by Crippen LogP contribution is -2.48. The van der Waals surface area contributed by atoms with E-state index in [1.807, 2.05) is 18.3 Å². The number of ether oxygens (including phenoxy) is 4. The van der Waals surface area contributed by atoms with Gasteiger partial charge in [-0.25, -0.2) is 8.42 Å². The zero-order valence-electron chi connectivity index (χ0n) is 19.0. The van der Waals surface area contributed by atoms with Crippen molar-refractivity contribution < 1.29 is 31.9 Å². The molecule has 2 aliphatic heterocycles. The number of sulfonamides is 1. The Bertz CT molecular complexity index is 1530. The van der Waals surface area contributed by atoms with E-state index in [1.54, 1.807) is 29.1 Å². The van der Waals surface area contributed by atoms with Gasteiger partial charge in [0, 0.05) is 18.0 Å². The zero-order chi connectivity index (χ0) is 24.2. The fourth-order valence-electron chi connectivity index (χ4n) is 4.57. The molecule has 0 aliphatic carbocycles. The van der Waals surface area contributed by atoms with Gasteiger partial charge in [-0.15, -0.1) is 0 Å². The summed E-state index contributed by atoms with van der Waals surface area (Å²) in [6.07, 6.45) is 3.53. The van der Waals surface area contributed by atoms with Crippen molar-refractivity contribution in [3.63, 3.8) is 0 Å². The maximum absolute atomic E-state index is 13.6. The van der Waals surface area contributed by atoms with Crippen LogP contribution in [0.4, 0.5) is 5.82 Å². The molecule has 35 heavy (non-hydrogen) atoms. The molecule has 2 aromatic heterocycles. The lowest BCUT2D eigenvalue weighted by Gasteiger charge is -2.36. The Morgan fingerprint density at radius 3 is 2.66 bits per heavy atom. The topological polar surface area (TPSA) is 127 Å². The number of hydrogen-bond donors (Lipinski definition) is 1. The fraction of sp³-hybridized carbons (Fsp3) is 0.304. The van der Waals surface area contributed by atoms with E-state index in [4.69, 9.17) is 23.5 Å². The Labute approximate surface area is 200 Å². The van der Waals surface area contributed by atoms with Crippen LogP contribution in [0.25, 0.3) is 11.0 Å². The molecule has 0 bridgehead atoms. The van der Waals surface area contributed by atoms with Gasteiger partial charge in [-0.1, -0.05) is 11.2 Å². The molecule has 2 aromatic carbocycles. The predicted octanol–water partition coefficient (Wildman–Crippen LogP) is 2.55. The normalized spacial score (nSPS) is 16.1. The van der Waals surface area contributed by atoms with E-state index < -0.39 is 10.0 Å². The minimum absolute atomic E-state index is 0.00170. The molecular formula is C23H22N4O7S. The van der Waals surface area contributed by atoms with Crippen LogP contribution in [0.15, 0.2) is 52.1 Å². The smallest absolute Gasteiger partial charge is 0.270 e. The molecule has 2 aliphatic rings. The van der Waals surface area contributed by atoms with Crippen LogP contribution in [-0.4, -0.2) is 57.4 Å². The average molecular weight is 499 g/mol. The number of fused-ring (bicyclic) bond motifs is 3. The third-order valence-corrected chi connectivity index (χ3v) is 7.72. The van der Waals surface area contributed by atoms with Crippen molar-refractivity contribution in [3.05, 3.63) is 53.9 Å². The highest BCUT2D eigenvalue weighted by atomic mass is 32.2. The van der Waals surface area contributed by atoms with E-state index in [-0.39, 0.29) is 27.6 Å². The molecule has 1 fully saturated rings. The summed E-state index contributed by atoms with van der Waals surface area (Å²) in [5, 5.41) is 8.59. The van der Waals surface area contributed by atoms with Crippen LogP contribution in [0.2, 0.25) is 0 Å². The first-order valence-corrected chi connectivity index (χ1v) is 12.3. The van der Waals surface area contributed by atoms with Crippen LogP contribution in [0, 0.1) is 0 Å². The van der Waals surface area contributed by atoms with Crippen molar-refractivity contribution in [3.8, 4) is 17.2 Å². The second-order valence-corrected chi connectivity index (χ2v) is 10.2. The quantitative estimate of drug-likeness (QED) is 0.409. The highest BCUT2D eigenvalue weighted by molar-refractivity contribution is 7.93. The SMILES string of the molecule is COc1ccc2c(c1S(=O)(=O)Nc1noc3cc(Cn4cccn4)cc(OC)c13)OCC21COC1. The number of rotatable bonds is 7. The van der Waals surface area contributed by atoms with Crippen molar-refractivity contribution in [1.82, 2.24) is 14.9 Å². The first-order chi connectivity index (χ1) is 16.9. The molecule has 182 valence electrons. The lowest BCUT2D eigenvalue weighted by atomic mass is 9.81. The summed E-state index contributed by atoms with van der Waals surface area (Å²) in [6.45, 7) is 1.78. The van der Waals surface area contributed by atoms with Crippen molar-refractivity contribution >= 4 is 26.8 Å². The summed E-state index contributed by atoms with van der Waals surface area (Å²) in [4.78, 5) is -0.0910. The summed E-state index contributed by atoms with van der Waals surface area (Å²) in [5.74, 6) is 0.841. The molecule has 4 aromatic rings. The van der Waals surface area contributed by atoms with Crippen molar-refractivity contribution in [1.29, 1.82) is 0 Å². The Kier molecular flexibility index (Phi) is 4.90. The van der Waals surface area contributed by atoms with E-state index in [0.717, 1.165) is 11.1 Å². The van der Waals surface area contributed by atoms with Gasteiger partial charge in [-0.3, -0.25) is 9.40 Å². The Morgan fingerprint density at radius 1 is 1.14 bits per heavy atom. The van der Waals surface area contributed by atoms with Gasteiger partial charge in [-0.05, 0) is 29.8 Å². The second kappa shape index (κ2) is 7.89. The summed E-state index contributed by atoms with van der Waals surface area (Å²) in [5.41, 5.74) is 1.68. The molecule has 0 radical (unpaired) electrons. The molecule has 0 atom stereocenters. The molecule has 0 saturated carbocycles. The number of benzene rings is 2. The number of anilines is 1. The number of methoxy groups -OCH3 is 2. The van der Waals surface area contributed by atoms with Gasteiger partial charge in [0.15, 0.2) is 16.3 Å². The minimum Gasteiger partial charge on any atom is -0.496 e. The summed E-state index contributed by atoms with van der Waals surface area (Å²) in [6, 6.07) is 8.86. The van der Waals surface area contributed by atoms with E-state index in [2.05, 4.69) is 15.0 Å². The first kappa shape index (κ1) is 21.7. The molecule has 6 rings (SSSR count). The molecule has 12 heteroatoms. The standard InChI is InChI=1S/C23H22N4O7S/c1-30-16-5-4-15-20(33-13-23(15)11-32-12-23)21(16)35(28,29)26-22-19-17(31-2)8-14(9-18(19)34-25-22)10-27-7-3-6-24-27/h3-9H,10-13H2,1-2H3,(H,25,26). The monoisotopic (exact) mass is 498 g/mol. The second-order valence-electron chi connectivity index (χ2n) is 8.55. The van der Waals surface area contributed by atoms with E-state index in [1.165, 1.54) is 14.2 Å². The van der Waals surface area contributed by atoms with Gasteiger partial charge in [0.25, 0.3) is 10.0 Å². The van der Waals surface area contributed by atoms with Crippen LogP contribution in [-0.2, 0) is 26.7 Å². The summed E-state index contributed by atoms with van der Waals surface area (Å²) >= 11 is 0.